The van der Waals surface area contributed by atoms with Crippen LogP contribution in [0.15, 0.2) is 53.0 Å². The molecule has 20 heavy (non-hydrogen) atoms. The number of hydrogen-bond acceptors (Lipinski definition) is 2. The van der Waals surface area contributed by atoms with Gasteiger partial charge in [0.25, 0.3) is 0 Å². The van der Waals surface area contributed by atoms with Gasteiger partial charge in [-0.1, -0.05) is 40.2 Å². The monoisotopic (exact) mass is 329 g/mol. The van der Waals surface area contributed by atoms with E-state index >= 15 is 0 Å². The highest BCUT2D eigenvalue weighted by Crippen LogP contribution is 2.19. The van der Waals surface area contributed by atoms with Gasteiger partial charge in [-0.2, -0.15) is 0 Å². The Kier molecular flexibility index (Phi) is 3.85. The van der Waals surface area contributed by atoms with Crippen LogP contribution >= 0.6 is 15.9 Å². The SMILES string of the molecule is NCCc1nc2ccccc2n1Cc1ccc(Br)cc1. The molecule has 3 rings (SSSR count). The molecule has 4 heteroatoms. The van der Waals surface area contributed by atoms with Crippen LogP contribution in [0.3, 0.4) is 0 Å². The predicted octanol–water partition coefficient (Wildman–Crippen LogP) is 3.35. The smallest absolute Gasteiger partial charge is 0.111 e. The molecule has 0 aliphatic rings. The van der Waals surface area contributed by atoms with Gasteiger partial charge in [0.2, 0.25) is 0 Å². The highest BCUT2D eigenvalue weighted by atomic mass is 79.9. The van der Waals surface area contributed by atoms with Crippen LogP contribution in [0.4, 0.5) is 0 Å². The Hall–Kier alpha value is -1.65. The molecule has 1 heterocycles. The van der Waals surface area contributed by atoms with Crippen LogP contribution in [0.2, 0.25) is 0 Å². The van der Waals surface area contributed by atoms with E-state index in [0.717, 1.165) is 28.8 Å². The molecule has 1 aromatic heterocycles. The fourth-order valence-corrected chi connectivity index (χ4v) is 2.66. The van der Waals surface area contributed by atoms with E-state index in [1.165, 1.54) is 11.1 Å². The number of para-hydroxylation sites is 2. The summed E-state index contributed by atoms with van der Waals surface area (Å²) in [4.78, 5) is 4.69. The first-order chi connectivity index (χ1) is 9.78. The van der Waals surface area contributed by atoms with Crippen molar-refractivity contribution in [1.82, 2.24) is 9.55 Å². The molecule has 0 unspecified atom stereocenters. The Bertz CT molecular complexity index is 716. The zero-order valence-corrected chi connectivity index (χ0v) is 12.7. The highest BCUT2D eigenvalue weighted by Gasteiger charge is 2.09. The molecule has 102 valence electrons. The summed E-state index contributed by atoms with van der Waals surface area (Å²) in [6, 6.07) is 16.6. The summed E-state index contributed by atoms with van der Waals surface area (Å²) in [6.07, 6.45) is 0.797. The summed E-state index contributed by atoms with van der Waals surface area (Å²) in [5.41, 5.74) is 9.16. The van der Waals surface area contributed by atoms with Crippen molar-refractivity contribution in [2.24, 2.45) is 5.73 Å². The van der Waals surface area contributed by atoms with Gasteiger partial charge in [0.05, 0.1) is 11.0 Å². The molecule has 3 nitrogen and oxygen atoms in total. The fourth-order valence-electron chi connectivity index (χ4n) is 2.39. The van der Waals surface area contributed by atoms with Crippen molar-refractivity contribution in [3.05, 3.63) is 64.4 Å². The lowest BCUT2D eigenvalue weighted by molar-refractivity contribution is 0.734. The van der Waals surface area contributed by atoms with Crippen LogP contribution in [-0.2, 0) is 13.0 Å². The van der Waals surface area contributed by atoms with Crippen LogP contribution < -0.4 is 5.73 Å². The van der Waals surface area contributed by atoms with Crippen LogP contribution in [-0.4, -0.2) is 16.1 Å². The van der Waals surface area contributed by atoms with Crippen molar-refractivity contribution in [3.8, 4) is 0 Å². The minimum Gasteiger partial charge on any atom is -0.330 e. The second-order valence-corrected chi connectivity index (χ2v) is 5.68. The normalized spacial score (nSPS) is 11.1. The molecule has 0 aliphatic carbocycles. The van der Waals surface area contributed by atoms with E-state index in [9.17, 15) is 0 Å². The van der Waals surface area contributed by atoms with E-state index in [-0.39, 0.29) is 0 Å². The minimum absolute atomic E-state index is 0.615. The number of aromatic nitrogens is 2. The van der Waals surface area contributed by atoms with Gasteiger partial charge in [0.1, 0.15) is 5.82 Å². The van der Waals surface area contributed by atoms with Gasteiger partial charge >= 0.3 is 0 Å². The average molecular weight is 330 g/mol. The van der Waals surface area contributed by atoms with Crippen molar-refractivity contribution in [3.63, 3.8) is 0 Å². The van der Waals surface area contributed by atoms with Crippen LogP contribution in [0.5, 0.6) is 0 Å². The summed E-state index contributed by atoms with van der Waals surface area (Å²) >= 11 is 3.47. The van der Waals surface area contributed by atoms with Gasteiger partial charge in [-0.05, 0) is 36.4 Å². The maximum atomic E-state index is 5.70. The van der Waals surface area contributed by atoms with Gasteiger partial charge in [0.15, 0.2) is 0 Å². The van der Waals surface area contributed by atoms with Gasteiger partial charge in [-0.15, -0.1) is 0 Å². The lowest BCUT2D eigenvalue weighted by Crippen LogP contribution is -2.10. The standard InChI is InChI=1S/C16H16BrN3/c17-13-7-5-12(6-8-13)11-20-15-4-2-1-3-14(15)19-16(20)9-10-18/h1-8H,9-11,18H2. The first-order valence-electron chi connectivity index (χ1n) is 6.66. The third-order valence-corrected chi connectivity index (χ3v) is 3.88. The lowest BCUT2D eigenvalue weighted by atomic mass is 10.2. The molecule has 0 spiro atoms. The second-order valence-electron chi connectivity index (χ2n) is 4.77. The lowest BCUT2D eigenvalue weighted by Gasteiger charge is -2.09. The quantitative estimate of drug-likeness (QED) is 0.797. The van der Waals surface area contributed by atoms with Crippen LogP contribution in [0, 0.1) is 0 Å². The van der Waals surface area contributed by atoms with Gasteiger partial charge < -0.3 is 10.3 Å². The summed E-state index contributed by atoms with van der Waals surface area (Å²) in [5, 5.41) is 0. The van der Waals surface area contributed by atoms with Crippen molar-refractivity contribution in [2.45, 2.75) is 13.0 Å². The third kappa shape index (κ3) is 2.62. The number of rotatable bonds is 4. The molecule has 2 N–H and O–H groups in total. The number of nitrogens with zero attached hydrogens (tertiary/aromatic N) is 2. The molecular weight excluding hydrogens is 314 g/mol. The second kappa shape index (κ2) is 5.77. The van der Waals surface area contributed by atoms with Crippen LogP contribution in [0.1, 0.15) is 11.4 Å². The number of benzene rings is 2. The zero-order chi connectivity index (χ0) is 13.9. The third-order valence-electron chi connectivity index (χ3n) is 3.36. The number of fused-ring (bicyclic) bond motifs is 1. The molecule has 0 aliphatic heterocycles. The number of nitrogens with two attached hydrogens (primary N) is 1. The Balaban J connectivity index is 2.04. The Morgan fingerprint density at radius 1 is 1.05 bits per heavy atom. The Morgan fingerprint density at radius 3 is 2.55 bits per heavy atom. The maximum Gasteiger partial charge on any atom is 0.111 e. The number of imidazole rings is 1. The summed E-state index contributed by atoms with van der Waals surface area (Å²) in [7, 11) is 0. The predicted molar refractivity (Wildman–Crippen MR) is 85.7 cm³/mol. The summed E-state index contributed by atoms with van der Waals surface area (Å²) in [6.45, 7) is 1.44. The van der Waals surface area contributed by atoms with Crippen molar-refractivity contribution in [2.75, 3.05) is 6.54 Å². The molecule has 0 radical (unpaired) electrons. The van der Waals surface area contributed by atoms with E-state index < -0.39 is 0 Å². The minimum atomic E-state index is 0.615. The van der Waals surface area contributed by atoms with E-state index in [2.05, 4.69) is 55.8 Å². The van der Waals surface area contributed by atoms with Gasteiger partial charge in [-0.25, -0.2) is 4.98 Å². The molecule has 0 saturated carbocycles. The molecule has 0 fully saturated rings. The maximum absolute atomic E-state index is 5.70. The Morgan fingerprint density at radius 2 is 1.80 bits per heavy atom. The first-order valence-corrected chi connectivity index (χ1v) is 7.46. The highest BCUT2D eigenvalue weighted by molar-refractivity contribution is 9.10. The molecule has 0 bridgehead atoms. The van der Waals surface area contributed by atoms with E-state index in [1.807, 2.05) is 18.2 Å². The largest absolute Gasteiger partial charge is 0.330 e. The topological polar surface area (TPSA) is 43.8 Å². The Labute approximate surface area is 126 Å². The van der Waals surface area contributed by atoms with Gasteiger partial charge in [-0.3, -0.25) is 0 Å². The molecule has 0 saturated heterocycles. The molecule has 0 atom stereocenters. The fraction of sp³-hybridized carbons (Fsp3) is 0.188. The van der Waals surface area contributed by atoms with E-state index in [4.69, 9.17) is 5.73 Å². The molecule has 0 amide bonds. The molecule has 2 aromatic carbocycles. The molecular formula is C16H16BrN3. The van der Waals surface area contributed by atoms with Gasteiger partial charge in [0, 0.05) is 17.4 Å². The summed E-state index contributed by atoms with van der Waals surface area (Å²) < 4.78 is 3.35. The first kappa shape index (κ1) is 13.3. The molecule has 3 aromatic rings. The van der Waals surface area contributed by atoms with Crippen molar-refractivity contribution < 1.29 is 0 Å². The van der Waals surface area contributed by atoms with Crippen LogP contribution in [0.25, 0.3) is 11.0 Å². The zero-order valence-electron chi connectivity index (χ0n) is 11.1. The van der Waals surface area contributed by atoms with Crippen molar-refractivity contribution in [1.29, 1.82) is 0 Å². The average Bonchev–Trinajstić information content (AvgIpc) is 2.80. The van der Waals surface area contributed by atoms with Crippen molar-refractivity contribution >= 4 is 27.0 Å². The van der Waals surface area contributed by atoms with E-state index in [1.54, 1.807) is 0 Å². The number of halogens is 1. The number of hydrogen-bond donors (Lipinski definition) is 1. The van der Waals surface area contributed by atoms with E-state index in [0.29, 0.717) is 6.54 Å². The summed E-state index contributed by atoms with van der Waals surface area (Å²) in [5.74, 6) is 1.05.